The predicted molar refractivity (Wildman–Crippen MR) is 233 cm³/mol. The summed E-state index contributed by atoms with van der Waals surface area (Å²) < 4.78 is 0. The highest BCUT2D eigenvalue weighted by Crippen LogP contribution is 2.37. The molecule has 0 bridgehead atoms. The Morgan fingerprint density at radius 1 is 0.214 bits per heavy atom. The van der Waals surface area contributed by atoms with Crippen molar-refractivity contribution in [1.29, 1.82) is 0 Å². The SMILES string of the molecule is c1ccc(-c2ccc(-c3cc(-c4ccc(-c5ccccc5)cc4)cc(-c4nc(-c5cccc6ccccc56)nc(-c5cccc6ccccc56)n4)c3)cc2)cc1. The van der Waals surface area contributed by atoms with E-state index >= 15 is 0 Å². The van der Waals surface area contributed by atoms with Gasteiger partial charge >= 0.3 is 0 Å². The van der Waals surface area contributed by atoms with E-state index in [9.17, 15) is 0 Å². The minimum Gasteiger partial charge on any atom is -0.208 e. The maximum absolute atomic E-state index is 5.28. The standard InChI is InChI=1S/C53H35N3/c1-3-13-36(14-4-1)38-25-29-40(30-26-38)44-33-45(41-31-27-39(28-32-41)37-15-5-2-6-16-37)35-46(34-44)51-54-52(49-23-11-19-42-17-7-9-21-47(42)49)56-53(55-51)50-24-12-20-43-18-8-10-22-48(43)50/h1-35H. The summed E-state index contributed by atoms with van der Waals surface area (Å²) in [5.41, 5.74) is 12.0. The summed E-state index contributed by atoms with van der Waals surface area (Å²) in [6.07, 6.45) is 0. The molecule has 0 saturated carbocycles. The minimum absolute atomic E-state index is 0.621. The van der Waals surface area contributed by atoms with Crippen molar-refractivity contribution >= 4 is 21.5 Å². The largest absolute Gasteiger partial charge is 0.208 e. The molecule has 1 heterocycles. The van der Waals surface area contributed by atoms with E-state index in [0.29, 0.717) is 17.5 Å². The number of nitrogens with zero attached hydrogens (tertiary/aromatic N) is 3. The Morgan fingerprint density at radius 3 is 0.982 bits per heavy atom. The van der Waals surface area contributed by atoms with Gasteiger partial charge < -0.3 is 0 Å². The monoisotopic (exact) mass is 713 g/mol. The molecule has 0 aliphatic carbocycles. The van der Waals surface area contributed by atoms with Crippen LogP contribution < -0.4 is 0 Å². The maximum Gasteiger partial charge on any atom is 0.164 e. The van der Waals surface area contributed by atoms with Gasteiger partial charge in [0, 0.05) is 16.7 Å². The van der Waals surface area contributed by atoms with Crippen LogP contribution in [0.15, 0.2) is 212 Å². The van der Waals surface area contributed by atoms with E-state index in [1.807, 2.05) is 0 Å². The van der Waals surface area contributed by atoms with Crippen LogP contribution in [0.25, 0.3) is 100 Å². The Labute approximate surface area is 326 Å². The highest BCUT2D eigenvalue weighted by atomic mass is 15.0. The molecule has 56 heavy (non-hydrogen) atoms. The molecule has 0 aliphatic heterocycles. The van der Waals surface area contributed by atoms with Gasteiger partial charge in [-0.15, -0.1) is 0 Å². The van der Waals surface area contributed by atoms with Gasteiger partial charge in [-0.1, -0.05) is 194 Å². The normalized spacial score (nSPS) is 11.2. The fourth-order valence-electron chi connectivity index (χ4n) is 7.65. The van der Waals surface area contributed by atoms with Crippen LogP contribution in [-0.2, 0) is 0 Å². The minimum atomic E-state index is 0.621. The summed E-state index contributed by atoms with van der Waals surface area (Å²) in [6.45, 7) is 0. The van der Waals surface area contributed by atoms with Crippen LogP contribution in [0.2, 0.25) is 0 Å². The second-order valence-electron chi connectivity index (χ2n) is 14.0. The van der Waals surface area contributed by atoms with Crippen LogP contribution in [0.4, 0.5) is 0 Å². The van der Waals surface area contributed by atoms with E-state index in [-0.39, 0.29) is 0 Å². The number of benzene rings is 9. The van der Waals surface area contributed by atoms with Crippen molar-refractivity contribution in [3.05, 3.63) is 212 Å². The fraction of sp³-hybridized carbons (Fsp3) is 0. The van der Waals surface area contributed by atoms with Crippen molar-refractivity contribution in [2.24, 2.45) is 0 Å². The highest BCUT2D eigenvalue weighted by Gasteiger charge is 2.17. The molecular formula is C53H35N3. The molecule has 3 heteroatoms. The Balaban J connectivity index is 1.18. The van der Waals surface area contributed by atoms with E-state index in [0.717, 1.165) is 60.5 Å². The van der Waals surface area contributed by atoms with Crippen LogP contribution >= 0.6 is 0 Å². The first-order chi connectivity index (χ1) is 27.7. The van der Waals surface area contributed by atoms with Crippen LogP contribution in [0, 0.1) is 0 Å². The fourth-order valence-corrected chi connectivity index (χ4v) is 7.65. The van der Waals surface area contributed by atoms with Crippen molar-refractivity contribution in [2.75, 3.05) is 0 Å². The summed E-state index contributed by atoms with van der Waals surface area (Å²) in [5.74, 6) is 1.90. The summed E-state index contributed by atoms with van der Waals surface area (Å²) >= 11 is 0. The molecule has 3 nitrogen and oxygen atoms in total. The first-order valence-electron chi connectivity index (χ1n) is 18.9. The van der Waals surface area contributed by atoms with Crippen LogP contribution in [0.1, 0.15) is 0 Å². The van der Waals surface area contributed by atoms with Gasteiger partial charge in [-0.2, -0.15) is 0 Å². The third kappa shape index (κ3) is 6.42. The molecule has 9 aromatic carbocycles. The predicted octanol–water partition coefficient (Wildman–Crippen LogP) is 13.8. The van der Waals surface area contributed by atoms with Crippen molar-refractivity contribution in [1.82, 2.24) is 15.0 Å². The quantitative estimate of drug-likeness (QED) is 0.165. The lowest BCUT2D eigenvalue weighted by Gasteiger charge is -2.14. The van der Waals surface area contributed by atoms with E-state index in [1.165, 1.54) is 22.3 Å². The Kier molecular flexibility index (Phi) is 8.51. The summed E-state index contributed by atoms with van der Waals surface area (Å²) in [5, 5.41) is 4.48. The molecule has 0 radical (unpaired) electrons. The second-order valence-corrected chi connectivity index (χ2v) is 14.0. The first kappa shape index (κ1) is 33.1. The van der Waals surface area contributed by atoms with Crippen molar-refractivity contribution in [3.63, 3.8) is 0 Å². The zero-order chi connectivity index (χ0) is 37.3. The molecule has 262 valence electrons. The Bertz CT molecular complexity index is 2780. The molecule has 0 spiro atoms. The number of aromatic nitrogens is 3. The average Bonchev–Trinajstić information content (AvgIpc) is 3.29. The summed E-state index contributed by atoms with van der Waals surface area (Å²) in [6, 6.07) is 74.8. The summed E-state index contributed by atoms with van der Waals surface area (Å²) in [7, 11) is 0. The molecule has 0 saturated heterocycles. The van der Waals surface area contributed by atoms with Crippen LogP contribution in [0.3, 0.4) is 0 Å². The average molecular weight is 714 g/mol. The van der Waals surface area contributed by atoms with Gasteiger partial charge in [-0.25, -0.2) is 15.0 Å². The lowest BCUT2D eigenvalue weighted by atomic mass is 9.93. The lowest BCUT2D eigenvalue weighted by Crippen LogP contribution is -2.01. The van der Waals surface area contributed by atoms with Gasteiger partial charge in [0.2, 0.25) is 0 Å². The Hall–Kier alpha value is -7.49. The molecule has 0 unspecified atom stereocenters. The topological polar surface area (TPSA) is 38.7 Å². The van der Waals surface area contributed by atoms with Crippen LogP contribution in [0.5, 0.6) is 0 Å². The van der Waals surface area contributed by atoms with Crippen molar-refractivity contribution in [2.45, 2.75) is 0 Å². The van der Waals surface area contributed by atoms with E-state index in [4.69, 9.17) is 15.0 Å². The third-order valence-electron chi connectivity index (χ3n) is 10.5. The number of hydrogen-bond acceptors (Lipinski definition) is 3. The smallest absolute Gasteiger partial charge is 0.164 e. The first-order valence-corrected chi connectivity index (χ1v) is 18.9. The molecule has 1 aromatic heterocycles. The third-order valence-corrected chi connectivity index (χ3v) is 10.5. The van der Waals surface area contributed by atoms with Gasteiger partial charge in [-0.3, -0.25) is 0 Å². The van der Waals surface area contributed by atoms with Gasteiger partial charge in [0.1, 0.15) is 0 Å². The van der Waals surface area contributed by atoms with Gasteiger partial charge in [0.25, 0.3) is 0 Å². The van der Waals surface area contributed by atoms with E-state index < -0.39 is 0 Å². The van der Waals surface area contributed by atoms with Crippen molar-refractivity contribution < 1.29 is 0 Å². The molecule has 0 aliphatic rings. The highest BCUT2D eigenvalue weighted by molar-refractivity contribution is 5.97. The number of rotatable bonds is 7. The molecule has 0 amide bonds. The number of fused-ring (bicyclic) bond motifs is 2. The van der Waals surface area contributed by atoms with Crippen LogP contribution in [-0.4, -0.2) is 15.0 Å². The van der Waals surface area contributed by atoms with E-state index in [2.05, 4.69) is 212 Å². The molecule has 10 rings (SSSR count). The van der Waals surface area contributed by atoms with Gasteiger partial charge in [0.15, 0.2) is 17.5 Å². The molecule has 10 aromatic rings. The van der Waals surface area contributed by atoms with Gasteiger partial charge in [0.05, 0.1) is 0 Å². The zero-order valence-corrected chi connectivity index (χ0v) is 30.5. The number of hydrogen-bond donors (Lipinski definition) is 0. The second kappa shape index (κ2) is 14.4. The maximum atomic E-state index is 5.28. The lowest BCUT2D eigenvalue weighted by molar-refractivity contribution is 1.08. The molecule has 0 fully saturated rings. The molecular weight excluding hydrogens is 679 g/mol. The van der Waals surface area contributed by atoms with E-state index in [1.54, 1.807) is 0 Å². The summed E-state index contributed by atoms with van der Waals surface area (Å²) in [4.78, 5) is 15.8. The van der Waals surface area contributed by atoms with Gasteiger partial charge in [-0.05, 0) is 84.3 Å². The Morgan fingerprint density at radius 2 is 0.536 bits per heavy atom. The van der Waals surface area contributed by atoms with Crippen molar-refractivity contribution in [3.8, 4) is 78.7 Å². The zero-order valence-electron chi connectivity index (χ0n) is 30.5. The molecule has 0 N–H and O–H groups in total. The molecule has 0 atom stereocenters.